The second-order valence-electron chi connectivity index (χ2n) is 6.53. The molecule has 1 saturated heterocycles. The van der Waals surface area contributed by atoms with E-state index in [4.69, 9.17) is 14.2 Å². The molecule has 2 aromatic carbocycles. The Hall–Kier alpha value is -2.04. The van der Waals surface area contributed by atoms with Gasteiger partial charge in [-0.15, -0.1) is 0 Å². The van der Waals surface area contributed by atoms with Gasteiger partial charge in [-0.25, -0.2) is 0 Å². The summed E-state index contributed by atoms with van der Waals surface area (Å²) in [5.41, 5.74) is 3.57. The minimum absolute atomic E-state index is 0.360. The molecule has 3 rings (SSSR count). The van der Waals surface area contributed by atoms with Gasteiger partial charge in [-0.3, -0.25) is 0 Å². The monoisotopic (exact) mass is 341 g/mol. The van der Waals surface area contributed by atoms with Gasteiger partial charge in [0.2, 0.25) is 0 Å². The number of aryl methyl sites for hydroxylation is 1. The van der Waals surface area contributed by atoms with Crippen molar-refractivity contribution in [3.05, 3.63) is 59.2 Å². The molecule has 25 heavy (non-hydrogen) atoms. The summed E-state index contributed by atoms with van der Waals surface area (Å²) in [4.78, 5) is 0. The number of methoxy groups -OCH3 is 1. The van der Waals surface area contributed by atoms with E-state index in [0.29, 0.717) is 12.7 Å². The van der Waals surface area contributed by atoms with E-state index in [1.165, 1.54) is 17.5 Å². The third kappa shape index (κ3) is 5.21. The second kappa shape index (κ2) is 8.88. The fourth-order valence-electron chi connectivity index (χ4n) is 3.09. The van der Waals surface area contributed by atoms with Crippen molar-refractivity contribution in [1.82, 2.24) is 5.32 Å². The third-order valence-electron chi connectivity index (χ3n) is 4.43. The van der Waals surface area contributed by atoms with Crippen molar-refractivity contribution in [2.75, 3.05) is 20.3 Å². The van der Waals surface area contributed by atoms with Gasteiger partial charge in [0.05, 0.1) is 13.2 Å². The van der Waals surface area contributed by atoms with Crippen LogP contribution < -0.4 is 14.8 Å². The number of hydrogen-bond acceptors (Lipinski definition) is 4. The Bertz CT molecular complexity index is 681. The first-order valence-electron chi connectivity index (χ1n) is 8.92. The van der Waals surface area contributed by atoms with Crippen LogP contribution in [0.2, 0.25) is 0 Å². The van der Waals surface area contributed by atoms with E-state index in [1.807, 2.05) is 18.2 Å². The summed E-state index contributed by atoms with van der Waals surface area (Å²) in [5, 5.41) is 3.46. The molecule has 1 aliphatic rings. The number of rotatable bonds is 8. The molecular formula is C21H27NO3. The van der Waals surface area contributed by atoms with Crippen molar-refractivity contribution in [3.63, 3.8) is 0 Å². The first-order chi connectivity index (χ1) is 12.2. The highest BCUT2D eigenvalue weighted by Crippen LogP contribution is 2.29. The molecule has 1 fully saturated rings. The Morgan fingerprint density at radius 1 is 1.12 bits per heavy atom. The topological polar surface area (TPSA) is 39.7 Å². The SMILES string of the molecule is COc1cc(CNC[C@@H]2CCCO2)ccc1OCc1cccc(C)c1. The summed E-state index contributed by atoms with van der Waals surface area (Å²) in [6.07, 6.45) is 2.69. The van der Waals surface area contributed by atoms with Crippen molar-refractivity contribution in [2.45, 2.75) is 39.0 Å². The maximum absolute atomic E-state index is 5.94. The van der Waals surface area contributed by atoms with Gasteiger partial charge in [-0.2, -0.15) is 0 Å². The Balaban J connectivity index is 1.55. The van der Waals surface area contributed by atoms with Crippen LogP contribution in [0.25, 0.3) is 0 Å². The van der Waals surface area contributed by atoms with Gasteiger partial charge in [0.1, 0.15) is 6.61 Å². The van der Waals surface area contributed by atoms with E-state index in [9.17, 15) is 0 Å². The molecule has 0 saturated carbocycles. The van der Waals surface area contributed by atoms with Crippen LogP contribution in [0.3, 0.4) is 0 Å². The summed E-state index contributed by atoms with van der Waals surface area (Å²) in [7, 11) is 1.68. The van der Waals surface area contributed by atoms with Crippen LogP contribution in [-0.2, 0) is 17.9 Å². The summed E-state index contributed by atoms with van der Waals surface area (Å²) in [6.45, 7) is 5.21. The molecule has 1 atom stereocenters. The molecule has 0 amide bonds. The van der Waals surface area contributed by atoms with Gasteiger partial charge < -0.3 is 19.5 Å². The lowest BCUT2D eigenvalue weighted by atomic mass is 10.1. The van der Waals surface area contributed by atoms with E-state index in [0.717, 1.165) is 43.2 Å². The van der Waals surface area contributed by atoms with Crippen LogP contribution in [0.4, 0.5) is 0 Å². The molecule has 1 aliphatic heterocycles. The quantitative estimate of drug-likeness (QED) is 0.792. The molecule has 2 aromatic rings. The van der Waals surface area contributed by atoms with Crippen molar-refractivity contribution in [2.24, 2.45) is 0 Å². The number of ether oxygens (including phenoxy) is 3. The standard InChI is InChI=1S/C21H27NO3/c1-16-5-3-6-18(11-16)15-25-20-9-8-17(12-21(20)23-2)13-22-14-19-7-4-10-24-19/h3,5-6,8-9,11-12,19,22H,4,7,10,13-15H2,1-2H3/t19-/m0/s1. The fraction of sp³-hybridized carbons (Fsp3) is 0.429. The van der Waals surface area contributed by atoms with Crippen LogP contribution in [0.5, 0.6) is 11.5 Å². The molecule has 4 heteroatoms. The number of hydrogen-bond donors (Lipinski definition) is 1. The first kappa shape index (κ1) is 17.8. The zero-order chi connectivity index (χ0) is 17.5. The molecule has 0 radical (unpaired) electrons. The Kier molecular flexibility index (Phi) is 6.31. The molecule has 134 valence electrons. The number of nitrogens with one attached hydrogen (secondary N) is 1. The van der Waals surface area contributed by atoms with Crippen molar-refractivity contribution in [3.8, 4) is 11.5 Å². The van der Waals surface area contributed by atoms with E-state index >= 15 is 0 Å². The molecule has 0 aromatic heterocycles. The van der Waals surface area contributed by atoms with Crippen LogP contribution in [0.15, 0.2) is 42.5 Å². The van der Waals surface area contributed by atoms with Crippen LogP contribution >= 0.6 is 0 Å². The lowest BCUT2D eigenvalue weighted by molar-refractivity contribution is 0.110. The van der Waals surface area contributed by atoms with E-state index in [-0.39, 0.29) is 0 Å². The molecule has 4 nitrogen and oxygen atoms in total. The highest BCUT2D eigenvalue weighted by Gasteiger charge is 2.14. The fourth-order valence-corrected chi connectivity index (χ4v) is 3.09. The Labute approximate surface area is 150 Å². The van der Waals surface area contributed by atoms with E-state index in [2.05, 4.69) is 36.5 Å². The second-order valence-corrected chi connectivity index (χ2v) is 6.53. The largest absolute Gasteiger partial charge is 0.493 e. The molecule has 0 bridgehead atoms. The average molecular weight is 341 g/mol. The Morgan fingerprint density at radius 2 is 2.04 bits per heavy atom. The summed E-state index contributed by atoms with van der Waals surface area (Å²) in [6, 6.07) is 14.4. The highest BCUT2D eigenvalue weighted by molar-refractivity contribution is 5.43. The zero-order valence-electron chi connectivity index (χ0n) is 15.1. The Morgan fingerprint density at radius 3 is 2.80 bits per heavy atom. The first-order valence-corrected chi connectivity index (χ1v) is 8.92. The third-order valence-corrected chi connectivity index (χ3v) is 4.43. The molecule has 1 N–H and O–H groups in total. The molecule has 0 aliphatic carbocycles. The maximum atomic E-state index is 5.94. The molecular weight excluding hydrogens is 314 g/mol. The van der Waals surface area contributed by atoms with Gasteiger partial charge in [0.25, 0.3) is 0 Å². The van der Waals surface area contributed by atoms with Gasteiger partial charge in [0.15, 0.2) is 11.5 Å². The minimum Gasteiger partial charge on any atom is -0.493 e. The highest BCUT2D eigenvalue weighted by atomic mass is 16.5. The molecule has 1 heterocycles. The van der Waals surface area contributed by atoms with Gasteiger partial charge in [-0.1, -0.05) is 35.9 Å². The smallest absolute Gasteiger partial charge is 0.161 e. The lowest BCUT2D eigenvalue weighted by Crippen LogP contribution is -2.25. The van der Waals surface area contributed by atoms with Gasteiger partial charge in [0, 0.05) is 19.7 Å². The van der Waals surface area contributed by atoms with Crippen molar-refractivity contribution < 1.29 is 14.2 Å². The summed E-state index contributed by atoms with van der Waals surface area (Å²) >= 11 is 0. The van der Waals surface area contributed by atoms with Crippen LogP contribution in [0.1, 0.15) is 29.5 Å². The van der Waals surface area contributed by atoms with Gasteiger partial charge in [-0.05, 0) is 43.0 Å². The normalized spacial score (nSPS) is 16.8. The van der Waals surface area contributed by atoms with Crippen LogP contribution in [-0.4, -0.2) is 26.4 Å². The van der Waals surface area contributed by atoms with Gasteiger partial charge >= 0.3 is 0 Å². The zero-order valence-corrected chi connectivity index (χ0v) is 15.1. The van der Waals surface area contributed by atoms with Crippen LogP contribution in [0, 0.1) is 6.92 Å². The van der Waals surface area contributed by atoms with E-state index in [1.54, 1.807) is 7.11 Å². The van der Waals surface area contributed by atoms with Crippen molar-refractivity contribution >= 4 is 0 Å². The average Bonchev–Trinajstić information content (AvgIpc) is 3.14. The lowest BCUT2D eigenvalue weighted by Gasteiger charge is -2.14. The maximum Gasteiger partial charge on any atom is 0.161 e. The van der Waals surface area contributed by atoms with Crippen molar-refractivity contribution in [1.29, 1.82) is 0 Å². The summed E-state index contributed by atoms with van der Waals surface area (Å²) < 4.78 is 17.1. The molecule has 0 spiro atoms. The van der Waals surface area contributed by atoms with E-state index < -0.39 is 0 Å². The predicted molar refractivity (Wildman–Crippen MR) is 99.2 cm³/mol. The predicted octanol–water partition coefficient (Wildman–Crippen LogP) is 3.85. The molecule has 0 unspecified atom stereocenters. The minimum atomic E-state index is 0.360. The number of benzene rings is 2. The summed E-state index contributed by atoms with van der Waals surface area (Å²) in [5.74, 6) is 1.54.